The van der Waals surface area contributed by atoms with Crippen molar-refractivity contribution in [3.63, 3.8) is 0 Å². The maximum atomic E-state index is 13.3. The summed E-state index contributed by atoms with van der Waals surface area (Å²) in [5, 5.41) is 11.7. The molecule has 0 aliphatic heterocycles. The second-order valence-electron chi connectivity index (χ2n) is 3.61. The van der Waals surface area contributed by atoms with E-state index in [1.54, 1.807) is 18.2 Å². The van der Waals surface area contributed by atoms with E-state index in [9.17, 15) is 22.7 Å². The van der Waals surface area contributed by atoms with Crippen LogP contribution in [0.3, 0.4) is 0 Å². The van der Waals surface area contributed by atoms with Crippen LogP contribution in [0.2, 0.25) is 0 Å². The summed E-state index contributed by atoms with van der Waals surface area (Å²) in [6.45, 7) is 0. The molecule has 2 nitrogen and oxygen atoms in total. The first-order chi connectivity index (χ1) is 9.00. The van der Waals surface area contributed by atoms with Gasteiger partial charge in [-0.25, -0.2) is 8.78 Å². The minimum absolute atomic E-state index is 0.138. The molecule has 0 saturated heterocycles. The molecule has 1 heterocycles. The van der Waals surface area contributed by atoms with Gasteiger partial charge in [0.25, 0.3) is 11.9 Å². The van der Waals surface area contributed by atoms with Crippen LogP contribution in [0.5, 0.6) is 0 Å². The Hall–Kier alpha value is -2.37. The number of halogens is 4. The summed E-state index contributed by atoms with van der Waals surface area (Å²) in [6, 6.07) is 7.54. The highest BCUT2D eigenvalue weighted by Gasteiger charge is 2.18. The third-order valence-electron chi connectivity index (χ3n) is 2.37. The molecule has 0 amide bonds. The van der Waals surface area contributed by atoms with E-state index in [0.717, 1.165) is 0 Å². The fourth-order valence-electron chi connectivity index (χ4n) is 1.45. The van der Waals surface area contributed by atoms with E-state index in [2.05, 4.69) is 4.98 Å². The molecule has 0 N–H and O–H groups in total. The molecule has 0 saturated carbocycles. The fourth-order valence-corrected chi connectivity index (χ4v) is 1.45. The summed E-state index contributed by atoms with van der Waals surface area (Å²) in [4.78, 5) is 2.40. The maximum absolute atomic E-state index is 13.3. The third-order valence-corrected chi connectivity index (χ3v) is 2.37. The van der Waals surface area contributed by atoms with Gasteiger partial charge in [-0.05, 0) is 5.56 Å². The second kappa shape index (κ2) is 5.09. The van der Waals surface area contributed by atoms with E-state index in [1.165, 1.54) is 12.1 Å². The summed E-state index contributed by atoms with van der Waals surface area (Å²) < 4.78 is 52.3. The Morgan fingerprint density at radius 1 is 0.947 bits per heavy atom. The van der Waals surface area contributed by atoms with Crippen LogP contribution in [-0.2, 0) is 0 Å². The van der Waals surface area contributed by atoms with Crippen molar-refractivity contribution >= 4 is 11.8 Å². The fraction of sp³-hybridized carbons (Fsp3) is 0. The van der Waals surface area contributed by atoms with Gasteiger partial charge in [0.1, 0.15) is 0 Å². The van der Waals surface area contributed by atoms with Gasteiger partial charge in [0.2, 0.25) is 0 Å². The molecule has 2 rings (SSSR count). The van der Waals surface area contributed by atoms with Crippen LogP contribution < -0.4 is 5.11 Å². The molecule has 0 radical (unpaired) electrons. The van der Waals surface area contributed by atoms with E-state index < -0.39 is 34.9 Å². The molecule has 98 valence electrons. The molecule has 19 heavy (non-hydrogen) atoms. The Morgan fingerprint density at radius 2 is 1.47 bits per heavy atom. The zero-order chi connectivity index (χ0) is 14.0. The Labute approximate surface area is 105 Å². The van der Waals surface area contributed by atoms with Crippen molar-refractivity contribution in [2.45, 2.75) is 0 Å². The maximum Gasteiger partial charge on any atom is 0.252 e. The summed E-state index contributed by atoms with van der Waals surface area (Å²) in [5.74, 6) is -7.79. The van der Waals surface area contributed by atoms with E-state index in [0.29, 0.717) is 6.08 Å². The highest BCUT2D eigenvalue weighted by molar-refractivity contribution is 5.75. The van der Waals surface area contributed by atoms with Crippen LogP contribution in [0, 0.1) is 23.5 Å². The third kappa shape index (κ3) is 2.57. The van der Waals surface area contributed by atoms with Crippen LogP contribution in [0.15, 0.2) is 30.3 Å². The van der Waals surface area contributed by atoms with Gasteiger partial charge in [-0.3, -0.25) is 0 Å². The van der Waals surface area contributed by atoms with Gasteiger partial charge < -0.3 is 5.11 Å². The van der Waals surface area contributed by atoms with Crippen LogP contribution in [0.4, 0.5) is 17.6 Å². The smallest absolute Gasteiger partial charge is 0.252 e. The average Bonchev–Trinajstić information content (AvgIpc) is 2.42. The van der Waals surface area contributed by atoms with Crippen molar-refractivity contribution in [1.29, 1.82) is 0 Å². The first kappa shape index (κ1) is 13.1. The van der Waals surface area contributed by atoms with E-state index >= 15 is 0 Å². The van der Waals surface area contributed by atoms with Crippen LogP contribution in [0.25, 0.3) is 11.8 Å². The van der Waals surface area contributed by atoms with E-state index in [4.69, 9.17) is 0 Å². The van der Waals surface area contributed by atoms with Gasteiger partial charge in [0.05, 0.1) is 5.56 Å². The molecule has 1 aromatic heterocycles. The SMILES string of the molecule is [O-]/C(=C\c1c(F)c(F)nc(F)c1F)c1ccccc1. The van der Waals surface area contributed by atoms with E-state index in [1.807, 2.05) is 0 Å². The number of aromatic nitrogens is 1. The molecule has 1 aromatic carbocycles. The molecule has 2 aromatic rings. The monoisotopic (exact) mass is 268 g/mol. The van der Waals surface area contributed by atoms with Gasteiger partial charge in [0.15, 0.2) is 11.6 Å². The number of rotatable bonds is 2. The predicted octanol–water partition coefficient (Wildman–Crippen LogP) is 2.50. The van der Waals surface area contributed by atoms with Crippen molar-refractivity contribution in [1.82, 2.24) is 4.98 Å². The molecule has 0 unspecified atom stereocenters. The van der Waals surface area contributed by atoms with Gasteiger partial charge in [-0.2, -0.15) is 13.8 Å². The average molecular weight is 268 g/mol. The largest absolute Gasteiger partial charge is 0.872 e. The molecule has 0 bridgehead atoms. The Balaban J connectivity index is 2.55. The van der Waals surface area contributed by atoms with Gasteiger partial charge in [-0.15, -0.1) is 5.76 Å². The quantitative estimate of drug-likeness (QED) is 0.476. The molecule has 0 spiro atoms. The van der Waals surface area contributed by atoms with Gasteiger partial charge in [0, 0.05) is 0 Å². The Kier molecular flexibility index (Phi) is 3.50. The molecule has 6 heteroatoms. The molecule has 0 atom stereocenters. The second-order valence-corrected chi connectivity index (χ2v) is 3.61. The van der Waals surface area contributed by atoms with Crippen molar-refractivity contribution in [3.05, 3.63) is 65.0 Å². The normalized spacial score (nSPS) is 11.7. The lowest BCUT2D eigenvalue weighted by Crippen LogP contribution is -2.06. The van der Waals surface area contributed by atoms with Crippen molar-refractivity contribution < 1.29 is 22.7 Å². The Morgan fingerprint density at radius 3 is 2.00 bits per heavy atom. The number of pyridine rings is 1. The first-order valence-electron chi connectivity index (χ1n) is 5.15. The van der Waals surface area contributed by atoms with Crippen molar-refractivity contribution in [2.75, 3.05) is 0 Å². The topological polar surface area (TPSA) is 36.0 Å². The van der Waals surface area contributed by atoms with E-state index in [-0.39, 0.29) is 5.56 Å². The molecular weight excluding hydrogens is 262 g/mol. The summed E-state index contributed by atoms with van der Waals surface area (Å²) in [7, 11) is 0. The van der Waals surface area contributed by atoms with Crippen LogP contribution >= 0.6 is 0 Å². The summed E-state index contributed by atoms with van der Waals surface area (Å²) in [5.41, 5.74) is -0.946. The zero-order valence-corrected chi connectivity index (χ0v) is 9.33. The van der Waals surface area contributed by atoms with Crippen LogP contribution in [-0.4, -0.2) is 4.98 Å². The van der Waals surface area contributed by atoms with Crippen molar-refractivity contribution in [3.8, 4) is 0 Å². The number of benzene rings is 1. The van der Waals surface area contributed by atoms with Gasteiger partial charge in [-0.1, -0.05) is 36.4 Å². The standard InChI is InChI=1S/C13H7F4NO/c14-10-8(11(15)13(17)18-12(10)16)6-9(19)7-4-2-1-3-5-7/h1-6,19H/p-1/b9-6-. The summed E-state index contributed by atoms with van der Waals surface area (Å²) in [6.07, 6.45) is 0.494. The first-order valence-corrected chi connectivity index (χ1v) is 5.15. The number of hydrogen-bond donors (Lipinski definition) is 0. The lowest BCUT2D eigenvalue weighted by molar-refractivity contribution is -0.242. The number of hydrogen-bond acceptors (Lipinski definition) is 2. The number of nitrogens with zero attached hydrogens (tertiary/aromatic N) is 1. The predicted molar refractivity (Wildman–Crippen MR) is 58.4 cm³/mol. The van der Waals surface area contributed by atoms with Crippen LogP contribution in [0.1, 0.15) is 11.1 Å². The molecule has 0 aliphatic rings. The summed E-state index contributed by atoms with van der Waals surface area (Å²) >= 11 is 0. The molecule has 0 aliphatic carbocycles. The van der Waals surface area contributed by atoms with Crippen molar-refractivity contribution in [2.24, 2.45) is 0 Å². The lowest BCUT2D eigenvalue weighted by atomic mass is 10.1. The zero-order valence-electron chi connectivity index (χ0n) is 9.33. The highest BCUT2D eigenvalue weighted by Crippen LogP contribution is 2.21. The molecular formula is C13H6F4NO-. The highest BCUT2D eigenvalue weighted by atomic mass is 19.2. The minimum Gasteiger partial charge on any atom is -0.872 e. The minimum atomic E-state index is -1.80. The Bertz CT molecular complexity index is 615. The van der Waals surface area contributed by atoms with Gasteiger partial charge >= 0.3 is 0 Å². The molecule has 0 fully saturated rings. The lowest BCUT2D eigenvalue weighted by Gasteiger charge is -2.12.